The van der Waals surface area contributed by atoms with Gasteiger partial charge in [-0.15, -0.1) is 0 Å². The largest absolute Gasteiger partial charge is 0.465 e. The average Bonchev–Trinajstić information content (AvgIpc) is 3.34. The summed E-state index contributed by atoms with van der Waals surface area (Å²) < 4.78 is 11.3. The Labute approximate surface area is 191 Å². The molecule has 0 spiro atoms. The first-order chi connectivity index (χ1) is 16.1. The second-order valence-electron chi connectivity index (χ2n) is 7.26. The van der Waals surface area contributed by atoms with E-state index in [0.29, 0.717) is 28.5 Å². The smallest absolute Gasteiger partial charge is 0.272 e. The van der Waals surface area contributed by atoms with E-state index in [1.807, 2.05) is 55.5 Å². The monoisotopic (exact) mass is 438 g/mol. The number of carbonyl (C=O) groups excluding carboxylic acids is 2. The summed E-state index contributed by atoms with van der Waals surface area (Å²) in [4.78, 5) is 25.9. The highest BCUT2D eigenvalue weighted by Gasteiger charge is 2.17. The van der Waals surface area contributed by atoms with E-state index in [1.165, 1.54) is 12.3 Å². The SMILES string of the molecule is Cc1ccc(C(=O)N/C(=C\c2ccco2)C(=O)Nc2ccccc2Oc2ccccc2)cc1. The number of ether oxygens (including phenoxy) is 1. The summed E-state index contributed by atoms with van der Waals surface area (Å²) in [6.45, 7) is 1.94. The van der Waals surface area contributed by atoms with E-state index >= 15 is 0 Å². The second kappa shape index (κ2) is 10.2. The van der Waals surface area contributed by atoms with Gasteiger partial charge in [0.2, 0.25) is 0 Å². The lowest BCUT2D eigenvalue weighted by atomic mass is 10.1. The molecule has 4 rings (SSSR count). The molecule has 0 unspecified atom stereocenters. The number of aryl methyl sites for hydroxylation is 1. The Bertz CT molecular complexity index is 1260. The highest BCUT2D eigenvalue weighted by Crippen LogP contribution is 2.29. The molecule has 1 aromatic heterocycles. The standard InChI is InChI=1S/C27H22N2O4/c1-19-13-15-20(16-14-19)26(30)29-24(18-22-10-7-17-32-22)27(31)28-23-11-5-6-12-25(23)33-21-8-3-2-4-9-21/h2-18H,1H3,(H,28,31)(H,29,30)/b24-18-. The van der Waals surface area contributed by atoms with Crippen LogP contribution in [-0.2, 0) is 4.79 Å². The average molecular weight is 438 g/mol. The van der Waals surface area contributed by atoms with Crippen molar-refractivity contribution in [3.63, 3.8) is 0 Å². The number of hydrogen-bond acceptors (Lipinski definition) is 4. The molecule has 0 saturated carbocycles. The quantitative estimate of drug-likeness (QED) is 0.358. The third-order valence-corrected chi connectivity index (χ3v) is 4.74. The Morgan fingerprint density at radius 3 is 2.30 bits per heavy atom. The number of amides is 2. The van der Waals surface area contributed by atoms with Gasteiger partial charge in [-0.25, -0.2) is 0 Å². The lowest BCUT2D eigenvalue weighted by Crippen LogP contribution is -2.30. The van der Waals surface area contributed by atoms with Crippen LogP contribution >= 0.6 is 0 Å². The van der Waals surface area contributed by atoms with E-state index in [1.54, 1.807) is 42.5 Å². The minimum absolute atomic E-state index is 0.0324. The molecule has 0 aliphatic heterocycles. The van der Waals surface area contributed by atoms with Crippen LogP contribution in [0.5, 0.6) is 11.5 Å². The zero-order valence-corrected chi connectivity index (χ0v) is 17.9. The Kier molecular flexibility index (Phi) is 6.66. The van der Waals surface area contributed by atoms with Crippen molar-refractivity contribution in [2.45, 2.75) is 6.92 Å². The molecule has 0 saturated heterocycles. The fourth-order valence-electron chi connectivity index (χ4n) is 3.04. The zero-order chi connectivity index (χ0) is 23.0. The van der Waals surface area contributed by atoms with Crippen LogP contribution in [0.1, 0.15) is 21.7 Å². The van der Waals surface area contributed by atoms with Crippen molar-refractivity contribution in [2.24, 2.45) is 0 Å². The lowest BCUT2D eigenvalue weighted by molar-refractivity contribution is -0.113. The van der Waals surface area contributed by atoms with Crippen LogP contribution in [0.4, 0.5) is 5.69 Å². The molecule has 0 bridgehead atoms. The number of rotatable bonds is 7. The normalized spacial score (nSPS) is 11.0. The van der Waals surface area contributed by atoms with Crippen molar-refractivity contribution >= 4 is 23.6 Å². The summed E-state index contributed by atoms with van der Waals surface area (Å²) in [5.41, 5.74) is 1.96. The molecule has 2 N–H and O–H groups in total. The van der Waals surface area contributed by atoms with Crippen molar-refractivity contribution in [2.75, 3.05) is 5.32 Å². The highest BCUT2D eigenvalue weighted by molar-refractivity contribution is 6.11. The van der Waals surface area contributed by atoms with Gasteiger partial charge < -0.3 is 19.8 Å². The molecule has 0 fully saturated rings. The van der Waals surface area contributed by atoms with Gasteiger partial charge in [0.1, 0.15) is 17.2 Å². The van der Waals surface area contributed by atoms with E-state index in [9.17, 15) is 9.59 Å². The number of nitrogens with one attached hydrogen (secondary N) is 2. The Morgan fingerprint density at radius 2 is 1.58 bits per heavy atom. The van der Waals surface area contributed by atoms with Gasteiger partial charge in [0.05, 0.1) is 12.0 Å². The van der Waals surface area contributed by atoms with E-state index in [4.69, 9.17) is 9.15 Å². The van der Waals surface area contributed by atoms with Gasteiger partial charge in [-0.05, 0) is 55.5 Å². The van der Waals surface area contributed by atoms with Crippen LogP contribution in [0.15, 0.2) is 107 Å². The molecule has 33 heavy (non-hydrogen) atoms. The van der Waals surface area contributed by atoms with E-state index < -0.39 is 11.8 Å². The van der Waals surface area contributed by atoms with Crippen LogP contribution in [0.2, 0.25) is 0 Å². The van der Waals surface area contributed by atoms with Gasteiger partial charge in [-0.2, -0.15) is 0 Å². The topological polar surface area (TPSA) is 80.6 Å². The second-order valence-corrected chi connectivity index (χ2v) is 7.26. The van der Waals surface area contributed by atoms with E-state index in [0.717, 1.165) is 5.56 Å². The molecule has 1 heterocycles. The van der Waals surface area contributed by atoms with Crippen LogP contribution in [0.3, 0.4) is 0 Å². The predicted molar refractivity (Wildman–Crippen MR) is 127 cm³/mol. The van der Waals surface area contributed by atoms with Crippen LogP contribution in [0.25, 0.3) is 6.08 Å². The predicted octanol–water partition coefficient (Wildman–Crippen LogP) is 5.79. The Hall–Kier alpha value is -4.58. The number of para-hydroxylation sites is 3. The molecule has 164 valence electrons. The summed E-state index contributed by atoms with van der Waals surface area (Å²) in [6.07, 6.45) is 2.97. The van der Waals surface area contributed by atoms with Crippen molar-refractivity contribution < 1.29 is 18.7 Å². The van der Waals surface area contributed by atoms with Crippen LogP contribution in [0, 0.1) is 6.92 Å². The number of carbonyl (C=O) groups is 2. The summed E-state index contributed by atoms with van der Waals surface area (Å²) in [6, 6.07) is 26.8. The first-order valence-electron chi connectivity index (χ1n) is 10.3. The van der Waals surface area contributed by atoms with Gasteiger partial charge in [0, 0.05) is 11.6 Å². The maximum atomic E-state index is 13.2. The Morgan fingerprint density at radius 1 is 0.848 bits per heavy atom. The van der Waals surface area contributed by atoms with Gasteiger partial charge in [-0.1, -0.05) is 48.0 Å². The summed E-state index contributed by atoms with van der Waals surface area (Å²) >= 11 is 0. The lowest BCUT2D eigenvalue weighted by Gasteiger charge is -2.14. The molecule has 6 heteroatoms. The van der Waals surface area contributed by atoms with Gasteiger partial charge in [0.25, 0.3) is 11.8 Å². The minimum atomic E-state index is -0.518. The van der Waals surface area contributed by atoms with Crippen LogP contribution in [-0.4, -0.2) is 11.8 Å². The Balaban J connectivity index is 1.57. The van der Waals surface area contributed by atoms with E-state index in [2.05, 4.69) is 10.6 Å². The molecular weight excluding hydrogens is 416 g/mol. The van der Waals surface area contributed by atoms with Crippen molar-refractivity contribution in [3.8, 4) is 11.5 Å². The number of furan rings is 1. The number of hydrogen-bond donors (Lipinski definition) is 2. The molecule has 3 aromatic carbocycles. The molecule has 4 aromatic rings. The summed E-state index contributed by atoms with van der Waals surface area (Å²) in [5.74, 6) is 0.614. The third-order valence-electron chi connectivity index (χ3n) is 4.74. The minimum Gasteiger partial charge on any atom is -0.465 e. The maximum Gasteiger partial charge on any atom is 0.272 e. The molecule has 0 atom stereocenters. The molecular formula is C27H22N2O4. The van der Waals surface area contributed by atoms with Gasteiger partial charge in [-0.3, -0.25) is 9.59 Å². The van der Waals surface area contributed by atoms with Gasteiger partial charge >= 0.3 is 0 Å². The molecule has 0 aliphatic rings. The van der Waals surface area contributed by atoms with Crippen molar-refractivity contribution in [1.29, 1.82) is 0 Å². The maximum absolute atomic E-state index is 13.2. The fraction of sp³-hybridized carbons (Fsp3) is 0.0370. The first kappa shape index (κ1) is 21.6. The third kappa shape index (κ3) is 5.77. The van der Waals surface area contributed by atoms with Crippen molar-refractivity contribution in [1.82, 2.24) is 5.32 Å². The zero-order valence-electron chi connectivity index (χ0n) is 17.9. The van der Waals surface area contributed by atoms with Gasteiger partial charge in [0.15, 0.2) is 5.75 Å². The number of anilines is 1. The molecule has 0 radical (unpaired) electrons. The number of benzene rings is 3. The molecule has 0 aliphatic carbocycles. The highest BCUT2D eigenvalue weighted by atomic mass is 16.5. The summed E-state index contributed by atoms with van der Waals surface area (Å²) in [5, 5.41) is 5.51. The van der Waals surface area contributed by atoms with Crippen LogP contribution < -0.4 is 15.4 Å². The molecule has 2 amide bonds. The first-order valence-corrected chi connectivity index (χ1v) is 10.3. The fourth-order valence-corrected chi connectivity index (χ4v) is 3.04. The molecule has 6 nitrogen and oxygen atoms in total. The van der Waals surface area contributed by atoms with E-state index in [-0.39, 0.29) is 5.70 Å². The summed E-state index contributed by atoms with van der Waals surface area (Å²) in [7, 11) is 0. The van der Waals surface area contributed by atoms with Crippen molar-refractivity contribution in [3.05, 3.63) is 120 Å².